The van der Waals surface area contributed by atoms with Gasteiger partial charge in [0.05, 0.1) is 24.9 Å². The second-order valence-electron chi connectivity index (χ2n) is 13.6. The molecular weight excluding hydrogens is 679 g/mol. The first kappa shape index (κ1) is 36.5. The summed E-state index contributed by atoms with van der Waals surface area (Å²) in [5.74, 6) is 0.835. The molecule has 2 fully saturated rings. The van der Waals surface area contributed by atoms with Crippen LogP contribution in [0, 0.1) is 11.8 Å². The van der Waals surface area contributed by atoms with Crippen molar-refractivity contribution in [2.75, 3.05) is 19.0 Å². The van der Waals surface area contributed by atoms with Gasteiger partial charge in [-0.3, -0.25) is 9.78 Å². The first-order valence-corrected chi connectivity index (χ1v) is 19.9. The molecule has 1 saturated carbocycles. The van der Waals surface area contributed by atoms with Crippen LogP contribution in [0.5, 0.6) is 28.7 Å². The van der Waals surface area contributed by atoms with Gasteiger partial charge in [0.15, 0.2) is 23.0 Å². The number of aliphatic hydroxyl groups is 1. The minimum Gasteiger partial charge on any atom is -0.504 e. The highest BCUT2D eigenvalue weighted by Gasteiger charge is 2.38. The van der Waals surface area contributed by atoms with Crippen LogP contribution in [0.15, 0.2) is 54.9 Å². The van der Waals surface area contributed by atoms with E-state index in [4.69, 9.17) is 18.9 Å². The number of aromatic nitrogens is 1. The van der Waals surface area contributed by atoms with E-state index in [0.29, 0.717) is 49.3 Å². The molecule has 6 rings (SSSR count). The maximum atomic E-state index is 12.2. The predicted octanol–water partition coefficient (Wildman–Crippen LogP) is 6.91. The van der Waals surface area contributed by atoms with E-state index in [9.17, 15) is 25.2 Å². The molecule has 1 saturated heterocycles. The Balaban J connectivity index is 1.26. The summed E-state index contributed by atoms with van der Waals surface area (Å²) in [6, 6.07) is 12.5. The van der Waals surface area contributed by atoms with Gasteiger partial charge in [0.1, 0.15) is 6.10 Å². The van der Waals surface area contributed by atoms with Crippen LogP contribution in [0.3, 0.4) is 0 Å². The number of ether oxygens (including phenoxy) is 4. The van der Waals surface area contributed by atoms with Gasteiger partial charge >= 0.3 is 5.97 Å². The van der Waals surface area contributed by atoms with Gasteiger partial charge in [-0.2, -0.15) is 0 Å². The zero-order chi connectivity index (χ0) is 35.0. The van der Waals surface area contributed by atoms with Crippen molar-refractivity contribution in [3.8, 4) is 28.7 Å². The highest BCUT2D eigenvalue weighted by Crippen LogP contribution is 2.46. The lowest BCUT2D eigenvalue weighted by Crippen LogP contribution is -2.39. The molecule has 0 amide bonds. The van der Waals surface area contributed by atoms with Gasteiger partial charge in [0.25, 0.3) is 0 Å². The molecule has 2 aliphatic heterocycles. The molecular formula is C38H47NO9S2. The predicted molar refractivity (Wildman–Crippen MR) is 193 cm³/mol. The van der Waals surface area contributed by atoms with E-state index < -0.39 is 12.2 Å². The lowest BCUT2D eigenvalue weighted by Gasteiger charge is -2.39. The van der Waals surface area contributed by atoms with Gasteiger partial charge in [0.2, 0.25) is 5.75 Å². The summed E-state index contributed by atoms with van der Waals surface area (Å²) in [5, 5.41) is 42.4. The van der Waals surface area contributed by atoms with Crippen LogP contribution in [0.1, 0.15) is 74.7 Å². The number of carbonyl (C=O) groups excluding carboxylic acids is 1. The van der Waals surface area contributed by atoms with Gasteiger partial charge in [-0.25, -0.2) is 0 Å². The highest BCUT2D eigenvalue weighted by atomic mass is 33.1. The number of hydrogen-bond donors (Lipinski definition) is 4. The summed E-state index contributed by atoms with van der Waals surface area (Å²) >= 11 is 0. The van der Waals surface area contributed by atoms with Crippen molar-refractivity contribution in [2.45, 2.75) is 94.4 Å². The summed E-state index contributed by atoms with van der Waals surface area (Å²) in [5.41, 5.74) is 2.60. The molecule has 270 valence electrons. The first-order chi connectivity index (χ1) is 24.2. The summed E-state index contributed by atoms with van der Waals surface area (Å²) in [6.45, 7) is 1.79. The number of benzene rings is 2. The molecule has 0 radical (unpaired) electrons. The summed E-state index contributed by atoms with van der Waals surface area (Å²) in [6.07, 6.45) is 8.90. The molecule has 3 aliphatic rings. The molecule has 12 heteroatoms. The Morgan fingerprint density at radius 1 is 1.04 bits per heavy atom. The maximum absolute atomic E-state index is 12.2. The van der Waals surface area contributed by atoms with Crippen LogP contribution in [0.25, 0.3) is 0 Å². The number of aromatic hydroxyl groups is 3. The first-order valence-electron chi connectivity index (χ1n) is 17.5. The van der Waals surface area contributed by atoms with Crippen LogP contribution in [0.2, 0.25) is 0 Å². The van der Waals surface area contributed by atoms with E-state index in [0.717, 1.165) is 42.6 Å². The van der Waals surface area contributed by atoms with Gasteiger partial charge in [-0.1, -0.05) is 33.7 Å². The van der Waals surface area contributed by atoms with E-state index in [2.05, 4.69) is 4.98 Å². The largest absolute Gasteiger partial charge is 0.504 e. The number of pyridine rings is 1. The van der Waals surface area contributed by atoms with Crippen molar-refractivity contribution in [3.05, 3.63) is 71.5 Å². The zero-order valence-electron chi connectivity index (χ0n) is 28.3. The lowest BCUT2D eigenvalue weighted by atomic mass is 9.84. The zero-order valence-corrected chi connectivity index (χ0v) is 29.9. The van der Waals surface area contributed by atoms with E-state index in [-0.39, 0.29) is 65.6 Å². The Labute approximate surface area is 301 Å². The summed E-state index contributed by atoms with van der Waals surface area (Å²) < 4.78 is 25.0. The quantitative estimate of drug-likeness (QED) is 0.103. The molecule has 4 N–H and O–H groups in total. The molecule has 0 unspecified atom stereocenters. The Morgan fingerprint density at radius 2 is 1.92 bits per heavy atom. The van der Waals surface area contributed by atoms with Gasteiger partial charge < -0.3 is 39.4 Å². The van der Waals surface area contributed by atoms with Crippen LogP contribution in [0.4, 0.5) is 0 Å². The highest BCUT2D eigenvalue weighted by molar-refractivity contribution is 8.76. The second kappa shape index (κ2) is 17.3. The summed E-state index contributed by atoms with van der Waals surface area (Å²) in [4.78, 5) is 16.4. The fraction of sp³-hybridized carbons (Fsp3) is 0.526. The number of fused-ring (bicyclic) bond motifs is 4. The third-order valence-corrected chi connectivity index (χ3v) is 13.0. The molecule has 0 spiro atoms. The Morgan fingerprint density at radius 3 is 2.72 bits per heavy atom. The van der Waals surface area contributed by atoms with Crippen LogP contribution in [-0.4, -0.2) is 73.9 Å². The molecule has 10 nitrogen and oxygen atoms in total. The topological polar surface area (TPSA) is 148 Å². The van der Waals surface area contributed by atoms with E-state index in [1.54, 1.807) is 35.3 Å². The third kappa shape index (κ3) is 9.51. The number of esters is 1. The second-order valence-corrected chi connectivity index (χ2v) is 16.2. The van der Waals surface area contributed by atoms with Crippen LogP contribution >= 0.6 is 21.6 Å². The Kier molecular flexibility index (Phi) is 12.6. The standard InChI is InChI=1S/C38H47NO9S2/c1-23(41)46-30-19-33(27-17-32(43)38(44)36(18-27)45-13-10-24-4-3-11-39-21-24)48-34(20-30)28-14-25-7-8-31(42)35(15-25)47-29-6-2-5-26(16-29)37(9-12-40)50-49-22-28/h3-4,7-8,11,15,17-18,21,26,28-30,33-34,37,40,42-44H,2,5-6,9-10,12-14,16,19-20,22H2,1H3/t26-,28+,29-,30+,33+,34-,37-/m1/s1. The Hall–Kier alpha value is -3.32. The number of phenolic OH excluding ortho intramolecular Hbond substituents is 3. The van der Waals surface area contributed by atoms with Crippen LogP contribution in [-0.2, 0) is 27.1 Å². The number of phenols is 3. The maximum Gasteiger partial charge on any atom is 0.302 e. The van der Waals surface area contributed by atoms with Crippen molar-refractivity contribution in [2.24, 2.45) is 11.8 Å². The average molecular weight is 726 g/mol. The smallest absolute Gasteiger partial charge is 0.302 e. The van der Waals surface area contributed by atoms with Crippen molar-refractivity contribution in [1.82, 2.24) is 4.98 Å². The van der Waals surface area contributed by atoms with E-state index >= 15 is 0 Å². The molecule has 3 aromatic rings. The van der Waals surface area contributed by atoms with Crippen molar-refractivity contribution >= 4 is 27.6 Å². The minimum absolute atomic E-state index is 0.0103. The lowest BCUT2D eigenvalue weighted by molar-refractivity contribution is -0.163. The average Bonchev–Trinajstić information content (AvgIpc) is 3.11. The number of carbonyl (C=O) groups is 1. The molecule has 2 aromatic carbocycles. The van der Waals surface area contributed by atoms with Crippen molar-refractivity contribution < 1.29 is 44.2 Å². The number of nitrogens with zero attached hydrogens (tertiary/aromatic N) is 1. The molecule has 50 heavy (non-hydrogen) atoms. The van der Waals surface area contributed by atoms with E-state index in [1.807, 2.05) is 35.1 Å². The fourth-order valence-corrected chi connectivity index (χ4v) is 10.8. The molecule has 3 heterocycles. The van der Waals surface area contributed by atoms with Crippen LogP contribution < -0.4 is 9.47 Å². The summed E-state index contributed by atoms with van der Waals surface area (Å²) in [7, 11) is 3.62. The van der Waals surface area contributed by atoms with Crippen molar-refractivity contribution in [3.63, 3.8) is 0 Å². The molecule has 1 aromatic heterocycles. The van der Waals surface area contributed by atoms with E-state index in [1.165, 1.54) is 13.0 Å². The van der Waals surface area contributed by atoms with Gasteiger partial charge in [0, 0.05) is 56.2 Å². The number of rotatable bonds is 9. The number of aliphatic hydroxyl groups excluding tert-OH is 1. The fourth-order valence-electron chi connectivity index (χ4n) is 7.39. The minimum atomic E-state index is -0.549. The Bertz CT molecular complexity index is 1580. The third-order valence-electron chi connectivity index (χ3n) is 9.89. The number of hydrogen-bond acceptors (Lipinski definition) is 12. The van der Waals surface area contributed by atoms with Gasteiger partial charge in [-0.15, -0.1) is 0 Å². The normalized spacial score (nSPS) is 27.1. The monoisotopic (exact) mass is 725 g/mol. The van der Waals surface area contributed by atoms with Gasteiger partial charge in [-0.05, 0) is 97.4 Å². The SMILES string of the molecule is CC(=O)O[C@H]1C[C@@H](c2cc(O)c(O)c(OCCc3cccnc3)c2)O[C@@H]([C@@H]2CSS[C@H](CCO)[C@@H]3CCC[C@H](C3)Oc3cc(ccc3O)C2)C1. The van der Waals surface area contributed by atoms with Crippen molar-refractivity contribution in [1.29, 1.82) is 0 Å². The molecule has 1 aliphatic carbocycles. The molecule has 7 atom stereocenters. The molecule has 4 bridgehead atoms.